The zero-order valence-electron chi connectivity index (χ0n) is 17.6. The van der Waals surface area contributed by atoms with E-state index in [2.05, 4.69) is 10.1 Å². The topological polar surface area (TPSA) is 139 Å². The normalized spacial score (nSPS) is 16.8. The average molecular weight is 519 g/mol. The molecule has 0 saturated carbocycles. The molecule has 2 aromatic rings. The van der Waals surface area contributed by atoms with E-state index < -0.39 is 21.7 Å². The second-order valence-electron chi connectivity index (χ2n) is 6.97. The molecule has 1 amide bonds. The molecule has 2 aliphatic rings. The lowest BCUT2D eigenvalue weighted by Crippen LogP contribution is -2.35. The van der Waals surface area contributed by atoms with Crippen LogP contribution in [0.2, 0.25) is 5.02 Å². The molecule has 2 aromatic carbocycles. The van der Waals surface area contributed by atoms with Gasteiger partial charge in [0.1, 0.15) is 11.5 Å². The van der Waals surface area contributed by atoms with Crippen molar-refractivity contribution >= 4 is 66.5 Å². The highest BCUT2D eigenvalue weighted by Gasteiger charge is 2.38. The van der Waals surface area contributed by atoms with E-state index in [1.54, 1.807) is 18.2 Å². The van der Waals surface area contributed by atoms with E-state index in [1.165, 1.54) is 37.5 Å². The van der Waals surface area contributed by atoms with Gasteiger partial charge in [-0.25, -0.2) is 13.2 Å². The van der Waals surface area contributed by atoms with Crippen LogP contribution in [0.5, 0.6) is 11.5 Å². The highest BCUT2D eigenvalue weighted by molar-refractivity contribution is 8.42. The second kappa shape index (κ2) is 9.05. The summed E-state index contributed by atoms with van der Waals surface area (Å²) in [5.41, 5.74) is 0.589. The van der Waals surface area contributed by atoms with E-state index in [1.807, 2.05) is 0 Å². The van der Waals surface area contributed by atoms with Crippen LogP contribution in [0, 0.1) is 5.41 Å². The van der Waals surface area contributed by atoms with Crippen LogP contribution in [0.1, 0.15) is 15.9 Å². The summed E-state index contributed by atoms with van der Waals surface area (Å²) in [7, 11) is -2.14. The van der Waals surface area contributed by atoms with Gasteiger partial charge >= 0.3 is 5.97 Å². The Morgan fingerprint density at radius 1 is 1.24 bits per heavy atom. The first-order valence-corrected chi connectivity index (χ1v) is 12.5. The fourth-order valence-corrected chi connectivity index (χ4v) is 4.80. The molecule has 0 aromatic heterocycles. The molecule has 0 atom stereocenters. The number of hydrogen-bond donors (Lipinski definition) is 1. The maximum absolute atomic E-state index is 12.5. The molecule has 0 fully saturated rings. The predicted molar refractivity (Wildman–Crippen MR) is 129 cm³/mol. The summed E-state index contributed by atoms with van der Waals surface area (Å²) >= 11 is 6.97. The molecule has 0 bridgehead atoms. The number of carbonyl (C=O) groups is 2. The van der Waals surface area contributed by atoms with Gasteiger partial charge in [-0.05, 0) is 53.7 Å². The number of nitrogens with zero attached hydrogens (tertiary/aromatic N) is 3. The molecule has 0 saturated heterocycles. The van der Waals surface area contributed by atoms with Crippen molar-refractivity contribution in [3.05, 3.63) is 64.2 Å². The van der Waals surface area contributed by atoms with E-state index in [0.717, 1.165) is 11.3 Å². The molecule has 2 heterocycles. The smallest absolute Gasteiger partial charge is 0.343 e. The number of halogens is 1. The predicted octanol–water partition coefficient (Wildman–Crippen LogP) is 3.19. The lowest BCUT2D eigenvalue weighted by Gasteiger charge is -2.20. The molecular formula is C21H15ClN4O6S2. The van der Waals surface area contributed by atoms with Gasteiger partial charge in [-0.1, -0.05) is 23.7 Å². The number of sulfone groups is 1. The molecule has 13 heteroatoms. The fourth-order valence-electron chi connectivity index (χ4n) is 2.89. The highest BCUT2D eigenvalue weighted by atomic mass is 35.5. The molecule has 1 N–H and O–H groups in total. The Morgan fingerprint density at radius 3 is 2.68 bits per heavy atom. The zero-order valence-corrected chi connectivity index (χ0v) is 20.0. The van der Waals surface area contributed by atoms with Crippen LogP contribution in [0.3, 0.4) is 0 Å². The lowest BCUT2D eigenvalue weighted by atomic mass is 10.1. The van der Waals surface area contributed by atoms with Crippen LogP contribution in [-0.2, 0) is 14.6 Å². The number of thioether (sulfide) groups is 1. The monoisotopic (exact) mass is 518 g/mol. The Bertz CT molecular complexity index is 1450. The van der Waals surface area contributed by atoms with E-state index in [0.29, 0.717) is 23.1 Å². The number of aliphatic imine (C=N–C) groups is 1. The van der Waals surface area contributed by atoms with E-state index >= 15 is 0 Å². The number of carbonyl (C=O) groups excluding carboxylic acids is 2. The molecule has 0 spiro atoms. The number of rotatable bonds is 4. The van der Waals surface area contributed by atoms with Crippen molar-refractivity contribution in [3.63, 3.8) is 0 Å². The van der Waals surface area contributed by atoms with Gasteiger partial charge in [-0.15, -0.1) is 5.10 Å². The molecule has 174 valence electrons. The Morgan fingerprint density at radius 2 is 2.00 bits per heavy atom. The van der Waals surface area contributed by atoms with Gasteiger partial charge in [0, 0.05) is 6.26 Å². The van der Waals surface area contributed by atoms with Crippen molar-refractivity contribution in [2.24, 2.45) is 10.1 Å². The van der Waals surface area contributed by atoms with Gasteiger partial charge < -0.3 is 9.47 Å². The zero-order chi connectivity index (χ0) is 24.6. The van der Waals surface area contributed by atoms with E-state index in [4.69, 9.17) is 26.5 Å². The average Bonchev–Trinajstić information content (AvgIpc) is 3.23. The molecule has 0 aliphatic carbocycles. The number of ether oxygens (including phenoxy) is 2. The third-order valence-corrected chi connectivity index (χ3v) is 7.40. The maximum atomic E-state index is 12.5. The first kappa shape index (κ1) is 23.7. The van der Waals surface area contributed by atoms with Gasteiger partial charge in [0.2, 0.25) is 19.4 Å². The van der Waals surface area contributed by atoms with Crippen LogP contribution in [0.15, 0.2) is 58.1 Å². The number of methoxy groups -OCH3 is 1. The number of nitrogens with one attached hydrogen (secondary N) is 1. The number of amidine groups is 2. The maximum Gasteiger partial charge on any atom is 0.343 e. The standard InChI is InChI=1S/C21H15ClN4O6S2/c1-31-13-5-3-4-12(10-13)19(28)32-16-7-6-11(9-15(16)22)8-14-17(23)26-20(24-18(14)27)33-21(25-26)34(2,29)30/h3-10,23H,1-2H3/b14-8-,23-17?. The largest absolute Gasteiger partial charge is 0.497 e. The van der Waals surface area contributed by atoms with Crippen molar-refractivity contribution in [3.8, 4) is 11.5 Å². The Balaban J connectivity index is 1.57. The van der Waals surface area contributed by atoms with E-state index in [-0.39, 0.29) is 37.3 Å². The minimum Gasteiger partial charge on any atom is -0.497 e. The van der Waals surface area contributed by atoms with Crippen LogP contribution in [0.25, 0.3) is 6.08 Å². The molecule has 0 unspecified atom stereocenters. The van der Waals surface area contributed by atoms with Gasteiger partial charge in [-0.2, -0.15) is 10.0 Å². The number of amides is 1. The quantitative estimate of drug-likeness (QED) is 0.370. The molecule has 2 aliphatic heterocycles. The van der Waals surface area contributed by atoms with Crippen LogP contribution in [0.4, 0.5) is 0 Å². The van der Waals surface area contributed by atoms with E-state index in [9.17, 15) is 18.0 Å². The summed E-state index contributed by atoms with van der Waals surface area (Å²) in [4.78, 5) is 28.7. The molecule has 10 nitrogen and oxygen atoms in total. The van der Waals surface area contributed by atoms with Crippen LogP contribution in [-0.4, -0.2) is 54.0 Å². The minimum atomic E-state index is -3.63. The highest BCUT2D eigenvalue weighted by Crippen LogP contribution is 2.31. The van der Waals surface area contributed by atoms with Crippen LogP contribution >= 0.6 is 23.4 Å². The van der Waals surface area contributed by atoms with Crippen molar-refractivity contribution in [1.29, 1.82) is 5.41 Å². The molecule has 4 rings (SSSR count). The number of hydrazone groups is 1. The lowest BCUT2D eigenvalue weighted by molar-refractivity contribution is -0.114. The summed E-state index contributed by atoms with van der Waals surface area (Å²) in [6, 6.07) is 10.9. The Hall–Kier alpha value is -3.48. The summed E-state index contributed by atoms with van der Waals surface area (Å²) < 4.78 is 33.7. The SMILES string of the molecule is COc1cccc(C(=O)Oc2ccc(/C=C3/C(=N)N4N=C(S(C)(=O)=O)SC4=NC3=O)cc2Cl)c1. The summed E-state index contributed by atoms with van der Waals surface area (Å²) in [5, 5.41) is 13.2. The van der Waals surface area contributed by atoms with Crippen molar-refractivity contribution in [2.75, 3.05) is 13.4 Å². The number of benzene rings is 2. The number of esters is 1. The fraction of sp³-hybridized carbons (Fsp3) is 0.0952. The third-order valence-electron chi connectivity index (χ3n) is 4.53. The van der Waals surface area contributed by atoms with Gasteiger partial charge in [0.25, 0.3) is 5.91 Å². The molecular weight excluding hydrogens is 504 g/mol. The van der Waals surface area contributed by atoms with Gasteiger partial charge in [0.15, 0.2) is 5.84 Å². The van der Waals surface area contributed by atoms with Crippen molar-refractivity contribution in [1.82, 2.24) is 5.01 Å². The van der Waals surface area contributed by atoms with Gasteiger partial charge in [0.05, 0.1) is 23.3 Å². The number of fused-ring (bicyclic) bond motifs is 1. The molecule has 34 heavy (non-hydrogen) atoms. The van der Waals surface area contributed by atoms with Crippen LogP contribution < -0.4 is 9.47 Å². The third kappa shape index (κ3) is 4.74. The van der Waals surface area contributed by atoms with Gasteiger partial charge in [-0.3, -0.25) is 10.2 Å². The minimum absolute atomic E-state index is 0.00888. The van der Waals surface area contributed by atoms with Crippen molar-refractivity contribution in [2.45, 2.75) is 0 Å². The summed E-state index contributed by atoms with van der Waals surface area (Å²) in [6.07, 6.45) is 2.34. The summed E-state index contributed by atoms with van der Waals surface area (Å²) in [6.45, 7) is 0. The Kier molecular flexibility index (Phi) is 6.30. The number of hydrogen-bond acceptors (Lipinski definition) is 9. The second-order valence-corrected chi connectivity index (χ2v) is 10.5. The van der Waals surface area contributed by atoms with Crippen molar-refractivity contribution < 1.29 is 27.5 Å². The Labute approximate surface area is 203 Å². The molecule has 0 radical (unpaired) electrons. The first-order chi connectivity index (χ1) is 16.1. The first-order valence-electron chi connectivity index (χ1n) is 9.43. The summed E-state index contributed by atoms with van der Waals surface area (Å²) in [5.74, 6) is -1.09.